The molecule has 0 saturated carbocycles. The lowest BCUT2D eigenvalue weighted by molar-refractivity contribution is -0.116. The Labute approximate surface area is 177 Å². The highest BCUT2D eigenvalue weighted by Crippen LogP contribution is 2.25. The molecule has 4 aromatic heterocycles. The van der Waals surface area contributed by atoms with Gasteiger partial charge in [0, 0.05) is 12.3 Å². The highest BCUT2D eigenvalue weighted by atomic mass is 32.1. The summed E-state index contributed by atoms with van der Waals surface area (Å²) in [5, 5.41) is 8.80. The molecular formula is C21H13F2N5O2S. The van der Waals surface area contributed by atoms with E-state index in [0.29, 0.717) is 22.9 Å². The van der Waals surface area contributed by atoms with Gasteiger partial charge >= 0.3 is 0 Å². The lowest BCUT2D eigenvalue weighted by atomic mass is 10.3. The van der Waals surface area contributed by atoms with Gasteiger partial charge in [0.15, 0.2) is 5.65 Å². The van der Waals surface area contributed by atoms with Crippen LogP contribution in [0.1, 0.15) is 0 Å². The van der Waals surface area contributed by atoms with Crippen molar-refractivity contribution in [2.75, 3.05) is 5.32 Å². The number of benzene rings is 1. The molecule has 1 aromatic carbocycles. The molecule has 4 heterocycles. The summed E-state index contributed by atoms with van der Waals surface area (Å²) in [6.45, 7) is -0.381. The predicted octanol–water partition coefficient (Wildman–Crippen LogP) is 3.69. The van der Waals surface area contributed by atoms with E-state index in [1.54, 1.807) is 24.4 Å². The SMILES string of the molecule is O=C(Cn1c(=O)c2cc(-c3cccs3)nn2c2ncccc21)Nc1ccc(F)cc1F. The molecule has 0 unspecified atom stereocenters. The Hall–Kier alpha value is -3.92. The number of carbonyl (C=O) groups is 1. The van der Waals surface area contributed by atoms with Crippen LogP contribution in [-0.4, -0.2) is 25.1 Å². The van der Waals surface area contributed by atoms with E-state index in [1.807, 2.05) is 17.5 Å². The van der Waals surface area contributed by atoms with Crippen molar-refractivity contribution in [2.45, 2.75) is 6.54 Å². The number of anilines is 1. The van der Waals surface area contributed by atoms with Gasteiger partial charge in [0.1, 0.15) is 29.4 Å². The lowest BCUT2D eigenvalue weighted by Gasteiger charge is -2.11. The number of fused-ring (bicyclic) bond motifs is 3. The minimum Gasteiger partial charge on any atom is -0.322 e. The Balaban J connectivity index is 1.59. The second-order valence-electron chi connectivity index (χ2n) is 6.71. The van der Waals surface area contributed by atoms with E-state index in [4.69, 9.17) is 0 Å². The first-order chi connectivity index (χ1) is 15.0. The fraction of sp³-hybridized carbons (Fsp3) is 0.0476. The largest absolute Gasteiger partial charge is 0.322 e. The molecule has 0 aliphatic heterocycles. The zero-order chi connectivity index (χ0) is 21.5. The third kappa shape index (κ3) is 3.36. The summed E-state index contributed by atoms with van der Waals surface area (Å²) in [6.07, 6.45) is 1.57. The molecule has 10 heteroatoms. The number of hydrogen-bond acceptors (Lipinski definition) is 5. The molecule has 0 aliphatic rings. The topological polar surface area (TPSA) is 81.3 Å². The molecular weight excluding hydrogens is 424 g/mol. The molecule has 0 fully saturated rings. The maximum absolute atomic E-state index is 13.9. The molecule has 154 valence electrons. The Morgan fingerprint density at radius 2 is 1.97 bits per heavy atom. The molecule has 5 aromatic rings. The highest BCUT2D eigenvalue weighted by Gasteiger charge is 2.18. The molecule has 0 saturated heterocycles. The Morgan fingerprint density at radius 1 is 1.10 bits per heavy atom. The summed E-state index contributed by atoms with van der Waals surface area (Å²) in [5.74, 6) is -2.30. The van der Waals surface area contributed by atoms with Gasteiger partial charge in [-0.05, 0) is 41.8 Å². The average Bonchev–Trinajstić information content (AvgIpc) is 3.43. The molecule has 31 heavy (non-hydrogen) atoms. The number of thiophene rings is 1. The molecule has 0 bridgehead atoms. The van der Waals surface area contributed by atoms with Crippen LogP contribution in [0.5, 0.6) is 0 Å². The van der Waals surface area contributed by atoms with Crippen molar-refractivity contribution < 1.29 is 13.6 Å². The number of hydrogen-bond donors (Lipinski definition) is 1. The van der Waals surface area contributed by atoms with Crippen LogP contribution in [0.4, 0.5) is 14.5 Å². The van der Waals surface area contributed by atoms with Crippen LogP contribution in [0, 0.1) is 11.6 Å². The van der Waals surface area contributed by atoms with Gasteiger partial charge in [0.05, 0.1) is 16.1 Å². The van der Waals surface area contributed by atoms with Crippen LogP contribution in [0.15, 0.2) is 64.9 Å². The van der Waals surface area contributed by atoms with E-state index in [0.717, 1.165) is 17.0 Å². The van der Waals surface area contributed by atoms with Gasteiger partial charge in [-0.3, -0.25) is 14.2 Å². The van der Waals surface area contributed by atoms with E-state index < -0.39 is 23.1 Å². The first kappa shape index (κ1) is 19.1. The summed E-state index contributed by atoms with van der Waals surface area (Å²) in [7, 11) is 0. The standard InChI is InChI=1S/C21H13F2N5O2S/c22-12-5-6-14(13(23)9-12)25-19(29)11-27-16-3-1-7-24-20(16)28-17(21(27)30)10-15(26-28)18-4-2-8-31-18/h1-10H,11H2,(H,25,29). The molecule has 5 rings (SSSR count). The molecule has 0 spiro atoms. The quantitative estimate of drug-likeness (QED) is 0.465. The van der Waals surface area contributed by atoms with Gasteiger partial charge in [-0.2, -0.15) is 5.10 Å². The third-order valence-corrected chi connectivity index (χ3v) is 5.60. The number of amides is 1. The molecule has 0 aliphatic carbocycles. The minimum absolute atomic E-state index is 0.174. The van der Waals surface area contributed by atoms with Crippen LogP contribution in [0.3, 0.4) is 0 Å². The van der Waals surface area contributed by atoms with Crippen LogP contribution < -0.4 is 10.9 Å². The summed E-state index contributed by atoms with van der Waals surface area (Å²) in [5.41, 5.74) is 1.07. The van der Waals surface area contributed by atoms with E-state index in [1.165, 1.54) is 20.4 Å². The second kappa shape index (κ2) is 7.40. The third-order valence-electron chi connectivity index (χ3n) is 4.71. The van der Waals surface area contributed by atoms with Gasteiger partial charge in [-0.25, -0.2) is 18.3 Å². The van der Waals surface area contributed by atoms with Crippen molar-refractivity contribution >= 4 is 39.6 Å². The highest BCUT2D eigenvalue weighted by molar-refractivity contribution is 7.13. The number of pyridine rings is 1. The lowest BCUT2D eigenvalue weighted by Crippen LogP contribution is -2.29. The Kier molecular flexibility index (Phi) is 4.55. The maximum Gasteiger partial charge on any atom is 0.277 e. The van der Waals surface area contributed by atoms with Crippen LogP contribution in [-0.2, 0) is 11.3 Å². The number of nitrogens with one attached hydrogen (secondary N) is 1. The Bertz CT molecular complexity index is 1510. The monoisotopic (exact) mass is 437 g/mol. The second-order valence-corrected chi connectivity index (χ2v) is 7.66. The first-order valence-electron chi connectivity index (χ1n) is 9.17. The van der Waals surface area contributed by atoms with Crippen molar-refractivity contribution in [1.29, 1.82) is 0 Å². The van der Waals surface area contributed by atoms with Crippen molar-refractivity contribution in [1.82, 2.24) is 19.2 Å². The van der Waals surface area contributed by atoms with Gasteiger partial charge in [0.2, 0.25) is 5.91 Å². The normalized spacial score (nSPS) is 11.3. The molecule has 1 N–H and O–H groups in total. The van der Waals surface area contributed by atoms with E-state index in [2.05, 4.69) is 15.4 Å². The summed E-state index contributed by atoms with van der Waals surface area (Å²) >= 11 is 1.49. The molecule has 0 radical (unpaired) electrons. The van der Waals surface area contributed by atoms with Gasteiger partial charge in [-0.15, -0.1) is 11.3 Å². The number of halogens is 2. The molecule has 1 amide bonds. The fourth-order valence-electron chi connectivity index (χ4n) is 3.33. The van der Waals surface area contributed by atoms with Gasteiger partial charge in [0.25, 0.3) is 5.56 Å². The van der Waals surface area contributed by atoms with Crippen LogP contribution in [0.2, 0.25) is 0 Å². The van der Waals surface area contributed by atoms with Crippen molar-refractivity contribution in [3.63, 3.8) is 0 Å². The zero-order valence-corrected chi connectivity index (χ0v) is 16.6. The van der Waals surface area contributed by atoms with E-state index >= 15 is 0 Å². The average molecular weight is 437 g/mol. The first-order valence-corrected chi connectivity index (χ1v) is 10.1. The molecule has 0 atom stereocenters. The number of rotatable bonds is 4. The van der Waals surface area contributed by atoms with Crippen LogP contribution in [0.25, 0.3) is 27.3 Å². The van der Waals surface area contributed by atoms with E-state index in [-0.39, 0.29) is 17.7 Å². The fourth-order valence-corrected chi connectivity index (χ4v) is 4.01. The van der Waals surface area contributed by atoms with Crippen LogP contribution >= 0.6 is 11.3 Å². The predicted molar refractivity (Wildman–Crippen MR) is 113 cm³/mol. The van der Waals surface area contributed by atoms with Gasteiger partial charge < -0.3 is 5.32 Å². The summed E-state index contributed by atoms with van der Waals surface area (Å²) in [6, 6.07) is 11.6. The molecule has 7 nitrogen and oxygen atoms in total. The Morgan fingerprint density at radius 3 is 2.74 bits per heavy atom. The minimum atomic E-state index is -0.904. The van der Waals surface area contributed by atoms with Gasteiger partial charge in [-0.1, -0.05) is 6.07 Å². The van der Waals surface area contributed by atoms with Crippen molar-refractivity contribution in [3.8, 4) is 10.6 Å². The smallest absolute Gasteiger partial charge is 0.277 e. The number of nitrogens with zero attached hydrogens (tertiary/aromatic N) is 4. The number of aromatic nitrogens is 4. The van der Waals surface area contributed by atoms with E-state index in [9.17, 15) is 18.4 Å². The number of carbonyl (C=O) groups excluding carboxylic acids is 1. The van der Waals surface area contributed by atoms with Crippen molar-refractivity contribution in [3.05, 3.63) is 82.1 Å². The summed E-state index contributed by atoms with van der Waals surface area (Å²) < 4.78 is 29.7. The maximum atomic E-state index is 13.9. The zero-order valence-electron chi connectivity index (χ0n) is 15.8. The van der Waals surface area contributed by atoms with Crippen molar-refractivity contribution in [2.24, 2.45) is 0 Å². The summed E-state index contributed by atoms with van der Waals surface area (Å²) in [4.78, 5) is 31.0.